The monoisotopic (exact) mass is 218 g/mol. The molecule has 4 fully saturated rings. The van der Waals surface area contributed by atoms with Crippen LogP contribution in [0.25, 0.3) is 0 Å². The van der Waals surface area contributed by atoms with Gasteiger partial charge in [0.05, 0.1) is 0 Å². The van der Waals surface area contributed by atoms with E-state index in [4.69, 9.17) is 0 Å². The molecule has 80 valence electrons. The molecule has 1 spiro atoms. The molecule has 4 aliphatic rings. The third kappa shape index (κ3) is 0.562. The Morgan fingerprint density at radius 1 is 0.571 bits per heavy atom. The molecule has 0 aromatic heterocycles. The molecule has 0 N–H and O–H groups in total. The predicted molar refractivity (Wildman–Crippen MR) is 54.3 cm³/mol. The molecule has 0 radical (unpaired) electrons. The standard InChI is InChI=1S/C8H16FN4P/c9-14-10-1-2-11(14)5-6-13(14)8-7-12(14)4-3-10/h1-8H2. The van der Waals surface area contributed by atoms with Crippen LogP contribution in [-0.4, -0.2) is 71.0 Å². The van der Waals surface area contributed by atoms with E-state index in [1.54, 1.807) is 0 Å². The predicted octanol–water partition coefficient (Wildman–Crippen LogP) is 0.347. The fraction of sp³-hybridized carbons (Fsp3) is 1.00. The van der Waals surface area contributed by atoms with Crippen LogP contribution in [0.2, 0.25) is 0 Å². The first-order chi connectivity index (χ1) is 6.75. The van der Waals surface area contributed by atoms with Gasteiger partial charge in [0.1, 0.15) is 0 Å². The van der Waals surface area contributed by atoms with Crippen LogP contribution in [0.3, 0.4) is 0 Å². The second-order valence-corrected chi connectivity index (χ2v) is 8.59. The van der Waals surface area contributed by atoms with Gasteiger partial charge in [0, 0.05) is 0 Å². The third-order valence-electron chi connectivity index (χ3n) is 4.41. The van der Waals surface area contributed by atoms with Crippen molar-refractivity contribution in [2.75, 3.05) is 52.4 Å². The topological polar surface area (TPSA) is 13.0 Å². The normalized spacial score (nSPS) is 43.6. The summed E-state index contributed by atoms with van der Waals surface area (Å²) < 4.78 is 24.4. The first-order valence-electron chi connectivity index (χ1n) is 5.50. The quantitative estimate of drug-likeness (QED) is 0.544. The summed E-state index contributed by atoms with van der Waals surface area (Å²) in [5, 5.41) is 0. The summed E-state index contributed by atoms with van der Waals surface area (Å²) >= 11 is 0. The minimum absolute atomic E-state index is 0.946. The van der Waals surface area contributed by atoms with Crippen molar-refractivity contribution in [3.8, 4) is 0 Å². The van der Waals surface area contributed by atoms with E-state index >= 15 is 4.20 Å². The zero-order valence-corrected chi connectivity index (χ0v) is 9.17. The van der Waals surface area contributed by atoms with Gasteiger partial charge < -0.3 is 0 Å². The van der Waals surface area contributed by atoms with Gasteiger partial charge in [-0.05, 0) is 0 Å². The van der Waals surface area contributed by atoms with Crippen molar-refractivity contribution in [2.45, 2.75) is 0 Å². The van der Waals surface area contributed by atoms with Crippen molar-refractivity contribution in [3.63, 3.8) is 0 Å². The fourth-order valence-corrected chi connectivity index (χ4v) is 9.43. The summed E-state index contributed by atoms with van der Waals surface area (Å²) in [7, 11) is -3.31. The Bertz CT molecular complexity index is 236. The molecule has 4 saturated heterocycles. The first-order valence-corrected chi connectivity index (χ1v) is 7.44. The molecule has 0 aromatic carbocycles. The van der Waals surface area contributed by atoms with Gasteiger partial charge in [-0.1, -0.05) is 0 Å². The van der Waals surface area contributed by atoms with Crippen molar-refractivity contribution >= 4 is 7.52 Å². The molecular formula is C8H16FN4P. The third-order valence-corrected chi connectivity index (χ3v) is 9.90. The van der Waals surface area contributed by atoms with Gasteiger partial charge in [-0.2, -0.15) is 0 Å². The van der Waals surface area contributed by atoms with E-state index in [1.807, 2.05) is 0 Å². The van der Waals surface area contributed by atoms with Crippen LogP contribution in [0.1, 0.15) is 0 Å². The van der Waals surface area contributed by atoms with Gasteiger partial charge in [-0.15, -0.1) is 0 Å². The van der Waals surface area contributed by atoms with E-state index < -0.39 is 7.52 Å². The Balaban J connectivity index is 1.97. The summed E-state index contributed by atoms with van der Waals surface area (Å²) in [6.07, 6.45) is 0. The number of hydrogen-bond acceptors (Lipinski definition) is 4. The minimum atomic E-state index is -3.31. The van der Waals surface area contributed by atoms with Crippen molar-refractivity contribution in [2.24, 2.45) is 0 Å². The summed E-state index contributed by atoms with van der Waals surface area (Å²) in [5.41, 5.74) is 0. The summed E-state index contributed by atoms with van der Waals surface area (Å²) in [6.45, 7) is 7.57. The maximum atomic E-state index is 15.8. The Labute approximate surface area is 83.5 Å². The Morgan fingerprint density at radius 2 is 0.786 bits per heavy atom. The van der Waals surface area contributed by atoms with Crippen LogP contribution in [0.4, 0.5) is 4.20 Å². The van der Waals surface area contributed by atoms with E-state index in [0.29, 0.717) is 0 Å². The molecule has 4 heterocycles. The van der Waals surface area contributed by atoms with E-state index in [-0.39, 0.29) is 0 Å². The molecule has 0 bridgehead atoms. The molecule has 0 atom stereocenters. The molecule has 14 heavy (non-hydrogen) atoms. The van der Waals surface area contributed by atoms with Gasteiger partial charge in [-0.3, -0.25) is 0 Å². The van der Waals surface area contributed by atoms with Gasteiger partial charge in [-0.25, -0.2) is 0 Å². The second kappa shape index (κ2) is 2.15. The van der Waals surface area contributed by atoms with Crippen LogP contribution in [0.15, 0.2) is 0 Å². The van der Waals surface area contributed by atoms with Gasteiger partial charge in [0.25, 0.3) is 0 Å². The summed E-state index contributed by atoms with van der Waals surface area (Å²) in [4.78, 5) is 0. The SMILES string of the molecule is FP123N4CCN1CCN2CCN3CC4. The average Bonchev–Trinajstić information content (AvgIpc) is 2.70. The molecule has 0 aliphatic carbocycles. The van der Waals surface area contributed by atoms with Gasteiger partial charge in [0.15, 0.2) is 0 Å². The van der Waals surface area contributed by atoms with Crippen molar-refractivity contribution in [3.05, 3.63) is 0 Å². The molecule has 0 saturated carbocycles. The number of halogens is 1. The van der Waals surface area contributed by atoms with Gasteiger partial charge >= 0.3 is 82.8 Å². The first kappa shape index (κ1) is 8.36. The van der Waals surface area contributed by atoms with Gasteiger partial charge in [0.2, 0.25) is 0 Å². The molecular weight excluding hydrogens is 202 g/mol. The molecule has 4 nitrogen and oxygen atoms in total. The number of rotatable bonds is 0. The Morgan fingerprint density at radius 3 is 1.00 bits per heavy atom. The van der Waals surface area contributed by atoms with Crippen LogP contribution >= 0.6 is 7.52 Å². The second-order valence-electron chi connectivity index (χ2n) is 4.65. The molecule has 0 amide bonds. The van der Waals surface area contributed by atoms with Crippen LogP contribution in [-0.2, 0) is 0 Å². The summed E-state index contributed by atoms with van der Waals surface area (Å²) in [6, 6.07) is 0. The van der Waals surface area contributed by atoms with Crippen molar-refractivity contribution in [1.29, 1.82) is 0 Å². The fourth-order valence-electron chi connectivity index (χ4n) is 3.82. The Kier molecular flexibility index (Phi) is 1.29. The van der Waals surface area contributed by atoms with Crippen molar-refractivity contribution < 1.29 is 4.20 Å². The van der Waals surface area contributed by atoms with Crippen LogP contribution < -0.4 is 0 Å². The van der Waals surface area contributed by atoms with E-state index in [2.05, 4.69) is 18.7 Å². The summed E-state index contributed by atoms with van der Waals surface area (Å²) in [5.74, 6) is 0. The molecule has 0 unspecified atom stereocenters. The molecule has 4 rings (SSSR count). The average molecular weight is 218 g/mol. The van der Waals surface area contributed by atoms with E-state index in [9.17, 15) is 0 Å². The molecule has 0 aromatic rings. The zero-order chi connectivity index (χ0) is 9.41. The van der Waals surface area contributed by atoms with Crippen LogP contribution in [0, 0.1) is 0 Å². The number of hydrogen-bond donors (Lipinski definition) is 0. The number of nitrogens with zero attached hydrogens (tertiary/aromatic N) is 4. The van der Waals surface area contributed by atoms with E-state index in [1.165, 1.54) is 0 Å². The molecule has 6 heteroatoms. The Hall–Kier alpha value is 0.200. The van der Waals surface area contributed by atoms with E-state index in [0.717, 1.165) is 52.4 Å². The molecule has 4 aliphatic heterocycles. The zero-order valence-electron chi connectivity index (χ0n) is 8.27. The van der Waals surface area contributed by atoms with Crippen molar-refractivity contribution in [1.82, 2.24) is 18.7 Å². The maximum absolute atomic E-state index is 15.8. The van der Waals surface area contributed by atoms with Crippen LogP contribution in [0.5, 0.6) is 0 Å².